The third-order valence-electron chi connectivity index (χ3n) is 4.29. The second kappa shape index (κ2) is 6.63. The van der Waals surface area contributed by atoms with Gasteiger partial charge in [-0.2, -0.15) is 5.26 Å². The van der Waals surface area contributed by atoms with Crippen LogP contribution in [0, 0.1) is 15.0 Å². The molecule has 1 aromatic carbocycles. The van der Waals surface area contributed by atoms with Crippen molar-refractivity contribution in [3.05, 3.63) is 27.8 Å². The van der Waals surface area contributed by atoms with E-state index in [9.17, 15) is 0 Å². The maximum atomic E-state index is 9.01. The van der Waals surface area contributed by atoms with E-state index in [0.717, 1.165) is 15.7 Å². The highest BCUT2D eigenvalue weighted by atomic mass is 127. The molecular weight excluding hydrogens is 405 g/mol. The second-order valence-electron chi connectivity index (χ2n) is 6.86. The summed E-state index contributed by atoms with van der Waals surface area (Å²) in [6, 6.07) is 7.79. The molecule has 1 fully saturated rings. The van der Waals surface area contributed by atoms with Gasteiger partial charge in [-0.05, 0) is 46.2 Å². The van der Waals surface area contributed by atoms with Crippen molar-refractivity contribution in [1.29, 1.82) is 5.26 Å². The lowest BCUT2D eigenvalue weighted by atomic mass is 9.95. The summed E-state index contributed by atoms with van der Waals surface area (Å²) in [6.45, 7) is 8.12. The van der Waals surface area contributed by atoms with E-state index in [4.69, 9.17) is 15.5 Å². The van der Waals surface area contributed by atoms with Crippen molar-refractivity contribution < 1.29 is 27.8 Å². The number of anilines is 1. The first kappa shape index (κ1) is 18.0. The van der Waals surface area contributed by atoms with Gasteiger partial charge in [0.2, 0.25) is 9.53 Å². The highest BCUT2D eigenvalue weighted by molar-refractivity contribution is 5.94. The van der Waals surface area contributed by atoms with Crippen molar-refractivity contribution in [2.24, 2.45) is 4.99 Å². The van der Waals surface area contributed by atoms with Crippen LogP contribution in [-0.4, -0.2) is 33.3 Å². The summed E-state index contributed by atoms with van der Waals surface area (Å²) in [5.41, 5.74) is 0.259. The third kappa shape index (κ3) is 3.76. The van der Waals surface area contributed by atoms with E-state index in [2.05, 4.69) is 10.6 Å². The van der Waals surface area contributed by atoms with Crippen molar-refractivity contribution in [2.45, 2.75) is 51.2 Å². The first-order chi connectivity index (χ1) is 10.7. The van der Waals surface area contributed by atoms with Crippen LogP contribution in [-0.2, 0) is 0 Å². The molecule has 0 amide bonds. The Kier molecular flexibility index (Phi) is 5.18. The average molecular weight is 429 g/mol. The van der Waals surface area contributed by atoms with Crippen LogP contribution in [0.5, 0.6) is 0 Å². The summed E-state index contributed by atoms with van der Waals surface area (Å²) >= 11 is 1.92. The van der Waals surface area contributed by atoms with Gasteiger partial charge in [0.25, 0.3) is 22.6 Å². The topological polar surface area (TPSA) is 86.3 Å². The van der Waals surface area contributed by atoms with Crippen molar-refractivity contribution in [3.63, 3.8) is 0 Å². The number of guanidine groups is 1. The molecule has 124 valence electrons. The second-order valence-corrected chi connectivity index (χ2v) is 8.11. The van der Waals surface area contributed by atoms with E-state index in [1.165, 1.54) is 0 Å². The number of hydrogen-bond donors (Lipinski definition) is 2. The molecule has 1 atom stereocenters. The summed E-state index contributed by atoms with van der Waals surface area (Å²) in [5.74, 6) is 0.424. The van der Waals surface area contributed by atoms with E-state index < -0.39 is 5.54 Å². The zero-order chi connectivity index (χ0) is 17.3. The zero-order valence-electron chi connectivity index (χ0n) is 13.8. The predicted molar refractivity (Wildman–Crippen MR) is 88.4 cm³/mol. The van der Waals surface area contributed by atoms with E-state index in [0.29, 0.717) is 5.96 Å². The first-order valence-corrected chi connectivity index (χ1v) is 8.62. The normalized spacial score (nSPS) is 23.3. The van der Waals surface area contributed by atoms with E-state index in [1.807, 2.05) is 80.7 Å². The molecule has 0 radical (unpaired) electrons. The quantitative estimate of drug-likeness (QED) is 0.146. The van der Waals surface area contributed by atoms with Crippen LogP contribution in [0.1, 0.15) is 34.1 Å². The van der Waals surface area contributed by atoms with Gasteiger partial charge in [0.1, 0.15) is 5.54 Å². The van der Waals surface area contributed by atoms with E-state index in [-0.39, 0.29) is 11.6 Å². The fraction of sp³-hybridized carbons (Fsp3) is 0.500. The van der Waals surface area contributed by atoms with Gasteiger partial charge in [-0.1, -0.05) is 17.2 Å². The van der Waals surface area contributed by atoms with Crippen LogP contribution in [0.25, 0.3) is 0 Å². The molecule has 7 heteroatoms. The highest BCUT2D eigenvalue weighted by Crippen LogP contribution is 2.40. The molecular formula is C16H24IN5O+2. The monoisotopic (exact) mass is 429 g/mol. The Hall–Kier alpha value is -1.37. The number of benzene rings is 1. The molecule has 1 aliphatic rings. The number of nitrogens with zero attached hydrogens (tertiary/aromatic N) is 3. The lowest BCUT2D eigenvalue weighted by molar-refractivity contribution is -0.326. The molecule has 23 heavy (non-hydrogen) atoms. The molecule has 0 bridgehead atoms. The van der Waals surface area contributed by atoms with Gasteiger partial charge < -0.3 is 10.5 Å². The number of hydrogen-bond acceptors (Lipinski definition) is 3. The summed E-state index contributed by atoms with van der Waals surface area (Å²) < 4.78 is 1.09. The number of halogens is 1. The Morgan fingerprint density at radius 1 is 1.39 bits per heavy atom. The van der Waals surface area contributed by atoms with Gasteiger partial charge in [-0.15, -0.1) is 0 Å². The minimum atomic E-state index is -0.403. The lowest BCUT2D eigenvalue weighted by Crippen LogP contribution is -3.34. The van der Waals surface area contributed by atoms with Crippen molar-refractivity contribution >= 4 is 11.6 Å². The molecule has 0 aromatic heterocycles. The Balaban J connectivity index is 2.29. The zero-order valence-corrected chi connectivity index (χ0v) is 16.2. The van der Waals surface area contributed by atoms with Gasteiger partial charge in [0.05, 0.1) is 17.3 Å². The Bertz CT molecular complexity index is 650. The predicted octanol–water partition coefficient (Wildman–Crippen LogP) is -1.75. The molecule has 2 rings (SSSR count). The van der Waals surface area contributed by atoms with Crippen molar-refractivity contribution in [1.82, 2.24) is 10.4 Å². The van der Waals surface area contributed by atoms with E-state index in [1.54, 1.807) is 5.06 Å². The van der Waals surface area contributed by atoms with Crippen LogP contribution < -0.4 is 33.2 Å². The molecule has 0 spiro atoms. The number of rotatable bonds is 2. The Labute approximate surface area is 150 Å². The molecule has 0 aliphatic carbocycles. The van der Waals surface area contributed by atoms with Crippen molar-refractivity contribution in [3.8, 4) is 6.19 Å². The minimum Gasteiger partial charge on any atom is -0.338 e. The fourth-order valence-corrected chi connectivity index (χ4v) is 3.51. The van der Waals surface area contributed by atoms with Gasteiger partial charge in [0, 0.05) is 0 Å². The van der Waals surface area contributed by atoms with Crippen LogP contribution >= 0.6 is 0 Å². The summed E-state index contributed by atoms with van der Waals surface area (Å²) in [7, 11) is 0. The standard InChI is InChI=1S/C16H23IN5O/c1-15(2)9-13(16(3,4)22(15)23)21-14(19-10-18)20-12-8-6-5-7-11(12)17/h5-8,13,17,23H,9H2,1-4H3,(H2,19,20,21)/q+1/p+1. The number of para-hydroxylation sites is 1. The third-order valence-corrected chi connectivity index (χ3v) is 5.31. The largest absolute Gasteiger partial charge is 0.338 e. The van der Waals surface area contributed by atoms with Gasteiger partial charge in [-0.25, -0.2) is 4.99 Å². The van der Waals surface area contributed by atoms with Crippen molar-refractivity contribution in [2.75, 3.05) is 5.32 Å². The summed E-state index contributed by atoms with van der Waals surface area (Å²) in [4.78, 5) is 4.71. The van der Waals surface area contributed by atoms with Crippen LogP contribution in [0.4, 0.5) is 5.69 Å². The summed E-state index contributed by atoms with van der Waals surface area (Å²) in [6.07, 6.45) is 2.70. The van der Waals surface area contributed by atoms with Crippen LogP contribution in [0.3, 0.4) is 0 Å². The summed E-state index contributed by atoms with van der Waals surface area (Å²) in [5, 5.41) is 24.8. The highest BCUT2D eigenvalue weighted by Gasteiger charge is 2.55. The average Bonchev–Trinajstić information content (AvgIpc) is 2.62. The fourth-order valence-electron chi connectivity index (χ4n) is 2.95. The molecule has 1 saturated heterocycles. The van der Waals surface area contributed by atoms with Gasteiger partial charge >= 0.3 is 0 Å². The smallest absolute Gasteiger partial charge is 0.299 e. The number of hydroxylamine groups is 2. The molecule has 1 aliphatic heterocycles. The van der Waals surface area contributed by atoms with E-state index >= 15 is 0 Å². The molecule has 1 heterocycles. The first-order valence-electron chi connectivity index (χ1n) is 7.46. The number of nitrogens with one attached hydrogen (secondary N) is 2. The molecule has 4 N–H and O–H groups in total. The molecule has 1 aromatic rings. The van der Waals surface area contributed by atoms with Crippen LogP contribution in [0.15, 0.2) is 29.3 Å². The lowest BCUT2D eigenvalue weighted by Gasteiger charge is -2.30. The molecule has 1 unspecified atom stereocenters. The SMILES string of the molecule is CC1(C)CC(N=C(NC#N)Nc2ccccc2[IH+])C(C)(C)N1[OH2+]. The van der Waals surface area contributed by atoms with Gasteiger partial charge in [-0.3, -0.25) is 5.32 Å². The maximum Gasteiger partial charge on any atom is 0.299 e. The number of aliphatic imine (C=N–C) groups is 1. The Morgan fingerprint density at radius 3 is 2.57 bits per heavy atom. The van der Waals surface area contributed by atoms with Crippen LogP contribution in [0.2, 0.25) is 0 Å². The minimum absolute atomic E-state index is 0.0803. The molecule has 6 nitrogen and oxygen atoms in total. The molecule has 0 saturated carbocycles. The van der Waals surface area contributed by atoms with Gasteiger partial charge in [0.15, 0.2) is 6.19 Å². The Morgan fingerprint density at radius 2 is 2.04 bits per heavy atom. The number of nitriles is 1. The maximum absolute atomic E-state index is 9.01.